The molecule has 0 bridgehead atoms. The lowest BCUT2D eigenvalue weighted by Crippen LogP contribution is -2.41. The van der Waals surface area contributed by atoms with Gasteiger partial charge in [-0.15, -0.1) is 0 Å². The standard InChI is InChI=1S/C26H26N2O4S/c1-26(2,3)20-12-10-18(11-13-20)21(29)15-17-6-8-19(9-7-17)22(30)16-27-25(33)28-24(31)23-5-4-14-32-23/h4-14H,15-16H2,1-3H3,(H2,27,28,31,33). The van der Waals surface area contributed by atoms with Crippen LogP contribution in [0.3, 0.4) is 0 Å². The number of Topliss-reactive ketones (excluding diaryl/α,β-unsaturated/α-hetero) is 2. The van der Waals surface area contributed by atoms with E-state index in [0.717, 1.165) is 5.56 Å². The quantitative estimate of drug-likeness (QED) is 0.397. The number of benzene rings is 2. The minimum absolute atomic E-state index is 0.0221. The number of furan rings is 1. The SMILES string of the molecule is CC(C)(C)c1ccc(C(=O)Cc2ccc(C(=O)CNC(=S)NC(=O)c3ccco3)cc2)cc1. The molecule has 2 N–H and O–H groups in total. The fourth-order valence-corrected chi connectivity index (χ4v) is 3.30. The average molecular weight is 463 g/mol. The van der Waals surface area contributed by atoms with Gasteiger partial charge >= 0.3 is 0 Å². The van der Waals surface area contributed by atoms with Crippen LogP contribution >= 0.6 is 12.2 Å². The number of carbonyl (C=O) groups excluding carboxylic acids is 3. The molecule has 3 rings (SSSR count). The molecular formula is C26H26N2O4S. The van der Waals surface area contributed by atoms with Crippen molar-refractivity contribution in [3.05, 3.63) is 94.9 Å². The molecule has 0 fully saturated rings. The molecule has 1 amide bonds. The molecule has 0 unspecified atom stereocenters. The highest BCUT2D eigenvalue weighted by Gasteiger charge is 2.15. The Morgan fingerprint density at radius 3 is 2.06 bits per heavy atom. The second-order valence-electron chi connectivity index (χ2n) is 8.66. The molecular weight excluding hydrogens is 436 g/mol. The van der Waals surface area contributed by atoms with Gasteiger partial charge in [0.1, 0.15) is 0 Å². The Hall–Kier alpha value is -3.58. The second kappa shape index (κ2) is 10.4. The van der Waals surface area contributed by atoms with E-state index in [2.05, 4.69) is 31.4 Å². The van der Waals surface area contributed by atoms with E-state index < -0.39 is 5.91 Å². The lowest BCUT2D eigenvalue weighted by Gasteiger charge is -2.19. The van der Waals surface area contributed by atoms with Crippen molar-refractivity contribution in [1.29, 1.82) is 0 Å². The molecule has 0 saturated heterocycles. The first-order valence-electron chi connectivity index (χ1n) is 10.5. The Balaban J connectivity index is 1.50. The number of nitrogens with one attached hydrogen (secondary N) is 2. The normalized spacial score (nSPS) is 11.0. The summed E-state index contributed by atoms with van der Waals surface area (Å²) in [7, 11) is 0. The first-order chi connectivity index (χ1) is 15.6. The van der Waals surface area contributed by atoms with Gasteiger partial charge < -0.3 is 9.73 Å². The van der Waals surface area contributed by atoms with Gasteiger partial charge in [0.15, 0.2) is 22.4 Å². The van der Waals surface area contributed by atoms with Crippen LogP contribution in [0.25, 0.3) is 0 Å². The zero-order valence-electron chi connectivity index (χ0n) is 18.8. The van der Waals surface area contributed by atoms with Crippen LogP contribution in [0.2, 0.25) is 0 Å². The molecule has 170 valence electrons. The summed E-state index contributed by atoms with van der Waals surface area (Å²) in [6, 6.07) is 17.7. The van der Waals surface area contributed by atoms with Crippen molar-refractivity contribution in [3.63, 3.8) is 0 Å². The first kappa shape index (κ1) is 24.1. The van der Waals surface area contributed by atoms with Gasteiger partial charge in [0.25, 0.3) is 5.91 Å². The van der Waals surface area contributed by atoms with Crippen molar-refractivity contribution in [2.24, 2.45) is 0 Å². The number of rotatable bonds is 7. The number of hydrogen-bond donors (Lipinski definition) is 2. The molecule has 0 aliphatic heterocycles. The third kappa shape index (κ3) is 6.70. The van der Waals surface area contributed by atoms with Crippen molar-refractivity contribution in [1.82, 2.24) is 10.6 Å². The van der Waals surface area contributed by atoms with Crippen LogP contribution < -0.4 is 10.6 Å². The Labute approximate surface area is 198 Å². The summed E-state index contributed by atoms with van der Waals surface area (Å²) in [5.74, 6) is -0.540. The van der Waals surface area contributed by atoms with E-state index in [9.17, 15) is 14.4 Å². The van der Waals surface area contributed by atoms with Crippen LogP contribution in [0.4, 0.5) is 0 Å². The van der Waals surface area contributed by atoms with E-state index in [4.69, 9.17) is 16.6 Å². The van der Waals surface area contributed by atoms with Crippen LogP contribution in [0.15, 0.2) is 71.3 Å². The van der Waals surface area contributed by atoms with Crippen LogP contribution in [0.1, 0.15) is 63.2 Å². The predicted molar refractivity (Wildman–Crippen MR) is 131 cm³/mol. The van der Waals surface area contributed by atoms with E-state index >= 15 is 0 Å². The summed E-state index contributed by atoms with van der Waals surface area (Å²) in [6.07, 6.45) is 1.64. The van der Waals surface area contributed by atoms with Gasteiger partial charge in [-0.1, -0.05) is 69.3 Å². The maximum atomic E-state index is 12.6. The lowest BCUT2D eigenvalue weighted by molar-refractivity contribution is 0.0944. The third-order valence-electron chi connectivity index (χ3n) is 5.10. The molecule has 0 spiro atoms. The van der Waals surface area contributed by atoms with Gasteiger partial charge in [-0.25, -0.2) is 0 Å². The van der Waals surface area contributed by atoms with Gasteiger partial charge in [0.2, 0.25) is 0 Å². The summed E-state index contributed by atoms with van der Waals surface area (Å²) in [5.41, 5.74) is 3.18. The van der Waals surface area contributed by atoms with Crippen molar-refractivity contribution < 1.29 is 18.8 Å². The topological polar surface area (TPSA) is 88.4 Å². The highest BCUT2D eigenvalue weighted by atomic mass is 32.1. The average Bonchev–Trinajstić information content (AvgIpc) is 3.33. The number of thiocarbonyl (C=S) groups is 1. The molecule has 33 heavy (non-hydrogen) atoms. The van der Waals surface area contributed by atoms with Crippen LogP contribution in [-0.2, 0) is 11.8 Å². The number of ketones is 2. The van der Waals surface area contributed by atoms with Crippen LogP contribution in [0.5, 0.6) is 0 Å². The minimum atomic E-state index is -0.494. The van der Waals surface area contributed by atoms with Crippen LogP contribution in [-0.4, -0.2) is 29.1 Å². The number of hydrogen-bond acceptors (Lipinski definition) is 5. The highest BCUT2D eigenvalue weighted by molar-refractivity contribution is 7.80. The van der Waals surface area contributed by atoms with E-state index in [-0.39, 0.29) is 40.8 Å². The Morgan fingerprint density at radius 2 is 1.48 bits per heavy atom. The Morgan fingerprint density at radius 1 is 0.879 bits per heavy atom. The maximum Gasteiger partial charge on any atom is 0.293 e. The molecule has 0 saturated carbocycles. The fourth-order valence-electron chi connectivity index (χ4n) is 3.13. The zero-order valence-corrected chi connectivity index (χ0v) is 19.6. The Kier molecular flexibility index (Phi) is 7.55. The summed E-state index contributed by atoms with van der Waals surface area (Å²) in [6.45, 7) is 6.32. The molecule has 2 aromatic carbocycles. The lowest BCUT2D eigenvalue weighted by atomic mass is 9.86. The molecule has 6 nitrogen and oxygen atoms in total. The third-order valence-corrected chi connectivity index (χ3v) is 5.34. The van der Waals surface area contributed by atoms with Gasteiger partial charge in [-0.05, 0) is 40.9 Å². The number of amides is 1. The van der Waals surface area contributed by atoms with Gasteiger partial charge in [-0.3, -0.25) is 19.7 Å². The highest BCUT2D eigenvalue weighted by Crippen LogP contribution is 2.22. The zero-order chi connectivity index (χ0) is 24.0. The van der Waals surface area contributed by atoms with Crippen molar-refractivity contribution in [2.75, 3.05) is 6.54 Å². The number of carbonyl (C=O) groups is 3. The van der Waals surface area contributed by atoms with Gasteiger partial charge in [-0.2, -0.15) is 0 Å². The van der Waals surface area contributed by atoms with Crippen molar-refractivity contribution >= 4 is 34.8 Å². The molecule has 1 aromatic heterocycles. The van der Waals surface area contributed by atoms with E-state index in [0.29, 0.717) is 11.1 Å². The summed E-state index contributed by atoms with van der Waals surface area (Å²) in [5, 5.41) is 5.19. The molecule has 7 heteroatoms. The van der Waals surface area contributed by atoms with Crippen molar-refractivity contribution in [3.8, 4) is 0 Å². The fraction of sp³-hybridized carbons (Fsp3) is 0.231. The molecule has 0 radical (unpaired) electrons. The van der Waals surface area contributed by atoms with E-state index in [1.165, 1.54) is 17.9 Å². The smallest absolute Gasteiger partial charge is 0.293 e. The maximum absolute atomic E-state index is 12.6. The molecule has 3 aromatic rings. The van der Waals surface area contributed by atoms with Crippen molar-refractivity contribution in [2.45, 2.75) is 32.6 Å². The summed E-state index contributed by atoms with van der Waals surface area (Å²) < 4.78 is 4.99. The predicted octanol–water partition coefficient (Wildman–Crippen LogP) is 4.49. The van der Waals surface area contributed by atoms with E-state index in [1.807, 2.05) is 24.3 Å². The van der Waals surface area contributed by atoms with Crippen LogP contribution in [0, 0.1) is 0 Å². The molecule has 0 aliphatic carbocycles. The van der Waals surface area contributed by atoms with Gasteiger partial charge in [0.05, 0.1) is 12.8 Å². The minimum Gasteiger partial charge on any atom is -0.459 e. The summed E-state index contributed by atoms with van der Waals surface area (Å²) >= 11 is 5.04. The summed E-state index contributed by atoms with van der Waals surface area (Å²) in [4.78, 5) is 36.9. The molecule has 0 aliphatic rings. The monoisotopic (exact) mass is 462 g/mol. The largest absolute Gasteiger partial charge is 0.459 e. The second-order valence-corrected chi connectivity index (χ2v) is 9.07. The van der Waals surface area contributed by atoms with Gasteiger partial charge in [0, 0.05) is 17.5 Å². The molecule has 0 atom stereocenters. The molecule has 1 heterocycles. The van der Waals surface area contributed by atoms with E-state index in [1.54, 1.807) is 30.3 Å². The first-order valence-corrected chi connectivity index (χ1v) is 10.9. The Bertz CT molecular complexity index is 1140.